The lowest BCUT2D eigenvalue weighted by atomic mass is 9.72. The number of hydrogen-bond acceptors (Lipinski definition) is 3. The molecule has 0 aromatic heterocycles. The fourth-order valence-corrected chi connectivity index (χ4v) is 3.33. The molecule has 4 nitrogen and oxygen atoms in total. The van der Waals surface area contributed by atoms with E-state index in [1.54, 1.807) is 0 Å². The number of amides is 1. The van der Waals surface area contributed by atoms with Gasteiger partial charge in [-0.3, -0.25) is 14.8 Å². The molecule has 1 aromatic rings. The summed E-state index contributed by atoms with van der Waals surface area (Å²) in [4.78, 5) is 21.3. The average molecular weight is 315 g/mol. The van der Waals surface area contributed by atoms with Gasteiger partial charge in [0.15, 0.2) is 0 Å². The topological polar surface area (TPSA) is 53.8 Å². The van der Waals surface area contributed by atoms with Crippen LogP contribution in [0.3, 0.4) is 0 Å². The van der Waals surface area contributed by atoms with E-state index in [1.165, 1.54) is 0 Å². The zero-order valence-electron chi connectivity index (χ0n) is 15.1. The van der Waals surface area contributed by atoms with E-state index in [2.05, 4.69) is 49.9 Å². The Hall–Kier alpha value is -1.71. The normalized spacial score (nSPS) is 14.5. The smallest absolute Gasteiger partial charge is 0.224 e. The minimum absolute atomic E-state index is 0.0164. The molecule has 0 atom stereocenters. The van der Waals surface area contributed by atoms with Crippen LogP contribution < -0.4 is 16.0 Å². The molecular formula is C19H29N3O. The van der Waals surface area contributed by atoms with Crippen LogP contribution in [0, 0.1) is 10.8 Å². The second kappa shape index (κ2) is 6.81. The standard InChI is InChI=1S/C19H29N3O/c1-6-18(2,3)13-19(4,5)12-17(23)22-14-7-8-15-16(11-14)21-10-9-20-15/h7-8,11H,6,9-10,12-13H2,1-5H3,(H,22,23). The molecular weight excluding hydrogens is 286 g/mol. The Labute approximate surface area is 139 Å². The molecule has 1 aliphatic heterocycles. The first-order valence-corrected chi connectivity index (χ1v) is 8.50. The van der Waals surface area contributed by atoms with E-state index in [0.717, 1.165) is 42.3 Å². The minimum atomic E-state index is -0.0164. The summed E-state index contributed by atoms with van der Waals surface area (Å²) in [7, 11) is 0. The van der Waals surface area contributed by atoms with Crippen LogP contribution >= 0.6 is 0 Å². The van der Waals surface area contributed by atoms with Gasteiger partial charge in [-0.15, -0.1) is 0 Å². The Morgan fingerprint density at radius 3 is 2.39 bits per heavy atom. The second-order valence-corrected chi connectivity index (χ2v) is 8.05. The summed E-state index contributed by atoms with van der Waals surface area (Å²) in [6.07, 6.45) is 2.67. The molecule has 2 rings (SSSR count). The number of carbonyl (C=O) groups is 1. The van der Waals surface area contributed by atoms with Crippen LogP contribution in [0.25, 0.3) is 0 Å². The molecule has 1 aromatic carbocycles. The van der Waals surface area contributed by atoms with E-state index in [9.17, 15) is 4.79 Å². The molecule has 126 valence electrons. The minimum Gasteiger partial charge on any atom is -0.326 e. The number of fused-ring (bicyclic) bond motifs is 1. The molecule has 0 radical (unpaired) electrons. The van der Waals surface area contributed by atoms with Gasteiger partial charge in [-0.05, 0) is 35.4 Å². The third kappa shape index (κ3) is 5.15. The predicted molar refractivity (Wildman–Crippen MR) is 94.2 cm³/mol. The van der Waals surface area contributed by atoms with Crippen LogP contribution in [0.5, 0.6) is 0 Å². The molecule has 1 heterocycles. The van der Waals surface area contributed by atoms with E-state index >= 15 is 0 Å². The number of carbonyl (C=O) groups excluding carboxylic acids is 1. The molecule has 0 unspecified atom stereocenters. The van der Waals surface area contributed by atoms with E-state index in [-0.39, 0.29) is 16.7 Å². The highest BCUT2D eigenvalue weighted by Gasteiger charge is 2.29. The third-order valence-electron chi connectivity index (χ3n) is 4.48. The number of rotatable bonds is 6. The highest BCUT2D eigenvalue weighted by atomic mass is 16.1. The van der Waals surface area contributed by atoms with Gasteiger partial charge in [0.2, 0.25) is 5.91 Å². The monoisotopic (exact) mass is 315 g/mol. The highest BCUT2D eigenvalue weighted by molar-refractivity contribution is 5.91. The quantitative estimate of drug-likeness (QED) is 0.861. The zero-order chi connectivity index (χ0) is 17.1. The van der Waals surface area contributed by atoms with E-state index in [0.29, 0.717) is 6.42 Å². The maximum absolute atomic E-state index is 12.4. The van der Waals surface area contributed by atoms with Crippen molar-refractivity contribution in [1.29, 1.82) is 0 Å². The zero-order valence-corrected chi connectivity index (χ0v) is 15.1. The van der Waals surface area contributed by atoms with E-state index in [4.69, 9.17) is 0 Å². The second-order valence-electron chi connectivity index (χ2n) is 8.05. The lowest BCUT2D eigenvalue weighted by Gasteiger charge is -2.34. The Kier molecular flexibility index (Phi) is 5.23. The molecule has 0 bridgehead atoms. The lowest BCUT2D eigenvalue weighted by Crippen LogP contribution is -2.31. The molecule has 1 N–H and O–H groups in total. The number of benzene rings is 1. The van der Waals surface area contributed by atoms with Gasteiger partial charge in [-0.2, -0.15) is 0 Å². The van der Waals surface area contributed by atoms with Crippen molar-refractivity contribution in [3.63, 3.8) is 0 Å². The molecule has 1 aliphatic rings. The number of hydrogen-bond donors (Lipinski definition) is 1. The highest BCUT2D eigenvalue weighted by Crippen LogP contribution is 2.38. The summed E-state index contributed by atoms with van der Waals surface area (Å²) < 4.78 is 0. The number of nitrogens with one attached hydrogen (secondary N) is 1. The Balaban J connectivity index is 2.02. The van der Waals surface area contributed by atoms with Crippen molar-refractivity contribution >= 4 is 11.6 Å². The van der Waals surface area contributed by atoms with Crippen molar-refractivity contribution in [2.45, 2.75) is 53.9 Å². The molecule has 1 amide bonds. The molecule has 0 spiro atoms. The summed E-state index contributed by atoms with van der Waals surface area (Å²) in [6, 6.07) is 5.75. The molecule has 0 fully saturated rings. The summed E-state index contributed by atoms with van der Waals surface area (Å²) in [5.41, 5.74) is 1.05. The van der Waals surface area contributed by atoms with Crippen molar-refractivity contribution < 1.29 is 4.79 Å². The lowest BCUT2D eigenvalue weighted by molar-refractivity contribution is -0.118. The largest absolute Gasteiger partial charge is 0.326 e. The summed E-state index contributed by atoms with van der Waals surface area (Å²) >= 11 is 0. The average Bonchev–Trinajstić information content (AvgIpc) is 2.45. The van der Waals surface area contributed by atoms with Crippen LogP contribution in [-0.4, -0.2) is 19.0 Å². The summed E-state index contributed by atoms with van der Waals surface area (Å²) in [5, 5.41) is 4.80. The predicted octanol–water partition coefficient (Wildman–Crippen LogP) is 3.12. The van der Waals surface area contributed by atoms with Crippen LogP contribution in [0.4, 0.5) is 5.69 Å². The van der Waals surface area contributed by atoms with Gasteiger partial charge in [0.05, 0.1) is 23.8 Å². The molecule has 0 saturated heterocycles. The number of anilines is 1. The third-order valence-corrected chi connectivity index (χ3v) is 4.48. The first-order chi connectivity index (χ1) is 10.7. The SMILES string of the molecule is CCC(C)(C)CC(C)(C)CC(=O)Nc1ccc2c(c1)=NCCN=2. The maximum atomic E-state index is 12.4. The van der Waals surface area contributed by atoms with E-state index < -0.39 is 0 Å². The molecule has 0 saturated carbocycles. The van der Waals surface area contributed by atoms with Gasteiger partial charge in [0, 0.05) is 12.1 Å². The molecule has 23 heavy (non-hydrogen) atoms. The summed E-state index contributed by atoms with van der Waals surface area (Å²) in [5.74, 6) is 0.0644. The van der Waals surface area contributed by atoms with Crippen molar-refractivity contribution in [2.24, 2.45) is 20.8 Å². The van der Waals surface area contributed by atoms with Crippen molar-refractivity contribution in [3.8, 4) is 0 Å². The van der Waals surface area contributed by atoms with Crippen LogP contribution in [0.1, 0.15) is 53.9 Å². The van der Waals surface area contributed by atoms with Crippen molar-refractivity contribution in [3.05, 3.63) is 28.9 Å². The first-order valence-electron chi connectivity index (χ1n) is 8.50. The first kappa shape index (κ1) is 17.6. The van der Waals surface area contributed by atoms with Crippen LogP contribution in [0.15, 0.2) is 28.2 Å². The molecule has 4 heteroatoms. The Morgan fingerprint density at radius 2 is 1.74 bits per heavy atom. The van der Waals surface area contributed by atoms with Gasteiger partial charge < -0.3 is 5.32 Å². The van der Waals surface area contributed by atoms with Crippen molar-refractivity contribution in [1.82, 2.24) is 0 Å². The fourth-order valence-electron chi connectivity index (χ4n) is 3.33. The van der Waals surface area contributed by atoms with Crippen LogP contribution in [-0.2, 0) is 4.79 Å². The fraction of sp³-hybridized carbons (Fsp3) is 0.632. The van der Waals surface area contributed by atoms with Gasteiger partial charge in [0.25, 0.3) is 0 Å². The Morgan fingerprint density at radius 1 is 1.09 bits per heavy atom. The van der Waals surface area contributed by atoms with E-state index in [1.807, 2.05) is 18.2 Å². The van der Waals surface area contributed by atoms with Crippen molar-refractivity contribution in [2.75, 3.05) is 18.4 Å². The number of nitrogens with zero attached hydrogens (tertiary/aromatic N) is 2. The van der Waals surface area contributed by atoms with Gasteiger partial charge in [0.1, 0.15) is 0 Å². The van der Waals surface area contributed by atoms with Gasteiger partial charge in [-0.25, -0.2) is 0 Å². The van der Waals surface area contributed by atoms with Gasteiger partial charge in [-0.1, -0.05) is 41.0 Å². The summed E-state index contributed by atoms with van der Waals surface area (Å²) in [6.45, 7) is 12.6. The van der Waals surface area contributed by atoms with Crippen LogP contribution in [0.2, 0.25) is 0 Å². The van der Waals surface area contributed by atoms with Gasteiger partial charge >= 0.3 is 0 Å². The molecule has 0 aliphatic carbocycles. The maximum Gasteiger partial charge on any atom is 0.224 e. The Bertz CT molecular complexity index is 689.